The Kier molecular flexibility index (Phi) is 9.33. The highest BCUT2D eigenvalue weighted by molar-refractivity contribution is 7.26. The molecule has 0 saturated heterocycles. The molecule has 2 heterocycles. The van der Waals surface area contributed by atoms with Crippen LogP contribution in [-0.2, 0) is 5.41 Å². The number of nitrogens with zero attached hydrogens (tertiary/aromatic N) is 2. The minimum atomic E-state index is -0.476. The van der Waals surface area contributed by atoms with E-state index in [9.17, 15) is 0 Å². The third kappa shape index (κ3) is 6.19. The minimum absolute atomic E-state index is 0.476. The molecular weight excluding hydrogens is 865 g/mol. The molecular formula is C67H44N2S. The number of benzene rings is 11. The van der Waals surface area contributed by atoms with Crippen LogP contribution in [0, 0.1) is 0 Å². The second-order valence-electron chi connectivity index (χ2n) is 18.4. The van der Waals surface area contributed by atoms with Crippen molar-refractivity contribution in [2.75, 3.05) is 4.90 Å². The van der Waals surface area contributed by atoms with E-state index in [1.807, 2.05) is 11.3 Å². The lowest BCUT2D eigenvalue weighted by atomic mass is 9.68. The van der Waals surface area contributed by atoms with Crippen LogP contribution in [0.1, 0.15) is 22.3 Å². The molecule has 0 bridgehead atoms. The predicted octanol–water partition coefficient (Wildman–Crippen LogP) is 18.3. The fourth-order valence-electron chi connectivity index (χ4n) is 11.6. The summed E-state index contributed by atoms with van der Waals surface area (Å²) in [6, 6.07) is 98.5. The number of hydrogen-bond acceptors (Lipinski definition) is 2. The van der Waals surface area contributed by atoms with Crippen LogP contribution in [0.4, 0.5) is 17.1 Å². The van der Waals surface area contributed by atoms with Crippen LogP contribution in [0.5, 0.6) is 0 Å². The van der Waals surface area contributed by atoms with Gasteiger partial charge in [0.25, 0.3) is 0 Å². The molecule has 0 fully saturated rings. The molecule has 1 aliphatic carbocycles. The zero-order valence-corrected chi connectivity index (χ0v) is 39.0. The lowest BCUT2D eigenvalue weighted by Gasteiger charge is -2.34. The van der Waals surface area contributed by atoms with Crippen LogP contribution >= 0.6 is 11.3 Å². The molecule has 0 amide bonds. The first-order chi connectivity index (χ1) is 34.7. The van der Waals surface area contributed by atoms with Crippen molar-refractivity contribution in [3.63, 3.8) is 0 Å². The van der Waals surface area contributed by atoms with Gasteiger partial charge >= 0.3 is 0 Å². The van der Waals surface area contributed by atoms with Crippen LogP contribution in [0.15, 0.2) is 267 Å². The summed E-state index contributed by atoms with van der Waals surface area (Å²) in [5.74, 6) is 0. The second kappa shape index (κ2) is 16.2. The Morgan fingerprint density at radius 1 is 0.329 bits per heavy atom. The molecule has 0 unspecified atom stereocenters. The highest BCUT2D eigenvalue weighted by Crippen LogP contribution is 2.56. The van der Waals surface area contributed by atoms with Crippen LogP contribution < -0.4 is 4.90 Å². The quantitative estimate of drug-likeness (QED) is 0.147. The standard InChI is InChI=1S/C67H44N2S/c1-2-19-48(20-3-1)67(61-30-9-4-23-55(61)56-24-5-10-31-62(56)67)49-37-41-51(42-38-49)68(52-21-15-18-47(44-52)54-28-16-29-60-59-27-8-13-34-65(59)70-66(54)60)50-39-35-45(36-40-50)46-17-14-22-53(43-46)69-63-32-11-6-25-57(63)58-26-7-12-33-64(58)69/h1-44H. The van der Waals surface area contributed by atoms with Crippen molar-refractivity contribution in [1.29, 1.82) is 0 Å². The average molecular weight is 909 g/mol. The molecule has 3 heteroatoms. The zero-order chi connectivity index (χ0) is 46.2. The van der Waals surface area contributed by atoms with Gasteiger partial charge in [0.15, 0.2) is 0 Å². The maximum Gasteiger partial charge on any atom is 0.0713 e. The summed E-state index contributed by atoms with van der Waals surface area (Å²) in [5, 5.41) is 5.14. The number of rotatable bonds is 8. The molecule has 70 heavy (non-hydrogen) atoms. The highest BCUT2D eigenvalue weighted by Gasteiger charge is 2.45. The molecule has 11 aromatic carbocycles. The summed E-state index contributed by atoms with van der Waals surface area (Å²) in [7, 11) is 0. The van der Waals surface area contributed by atoms with Gasteiger partial charge in [0, 0.05) is 53.7 Å². The van der Waals surface area contributed by atoms with E-state index in [-0.39, 0.29) is 0 Å². The molecule has 13 aromatic rings. The van der Waals surface area contributed by atoms with E-state index in [2.05, 4.69) is 276 Å². The Balaban J connectivity index is 0.908. The fraction of sp³-hybridized carbons (Fsp3) is 0.0149. The molecule has 14 rings (SSSR count). The van der Waals surface area contributed by atoms with Crippen LogP contribution in [0.3, 0.4) is 0 Å². The molecule has 0 spiro atoms. The van der Waals surface area contributed by atoms with E-state index in [1.165, 1.54) is 92.0 Å². The molecule has 0 radical (unpaired) electrons. The molecule has 0 atom stereocenters. The van der Waals surface area contributed by atoms with E-state index in [4.69, 9.17) is 0 Å². The van der Waals surface area contributed by atoms with Crippen molar-refractivity contribution in [1.82, 2.24) is 4.57 Å². The van der Waals surface area contributed by atoms with Crippen molar-refractivity contribution < 1.29 is 0 Å². The van der Waals surface area contributed by atoms with E-state index in [1.54, 1.807) is 0 Å². The first-order valence-electron chi connectivity index (χ1n) is 24.1. The molecule has 0 aliphatic heterocycles. The van der Waals surface area contributed by atoms with Gasteiger partial charge in [-0.1, -0.05) is 200 Å². The monoisotopic (exact) mass is 908 g/mol. The summed E-state index contributed by atoms with van der Waals surface area (Å²) in [5.41, 5.74) is 18.8. The van der Waals surface area contributed by atoms with Gasteiger partial charge in [-0.05, 0) is 122 Å². The van der Waals surface area contributed by atoms with Gasteiger partial charge < -0.3 is 9.47 Å². The first-order valence-corrected chi connectivity index (χ1v) is 24.9. The SMILES string of the molecule is c1ccc(C2(c3ccc(N(c4ccc(-c5cccc(-n6c7ccccc7c7ccccc76)c5)cc4)c4cccc(-c5cccc6c5sc5ccccc56)c4)cc3)c3ccccc3-c3ccccc32)cc1. The van der Waals surface area contributed by atoms with Crippen LogP contribution in [0.25, 0.3) is 81.0 Å². The Labute approximate surface area is 411 Å². The molecule has 0 saturated carbocycles. The number of aromatic nitrogens is 1. The van der Waals surface area contributed by atoms with Crippen molar-refractivity contribution in [3.8, 4) is 39.1 Å². The third-order valence-corrected chi connectivity index (χ3v) is 15.9. The number of anilines is 3. The third-order valence-electron chi connectivity index (χ3n) is 14.7. The minimum Gasteiger partial charge on any atom is -0.310 e. The highest BCUT2D eigenvalue weighted by atomic mass is 32.1. The molecule has 2 aromatic heterocycles. The Bertz CT molecular complexity index is 4020. The summed E-state index contributed by atoms with van der Waals surface area (Å²) in [6.45, 7) is 0. The Hall–Kier alpha value is -8.76. The van der Waals surface area contributed by atoms with Gasteiger partial charge in [-0.25, -0.2) is 0 Å². The van der Waals surface area contributed by atoms with Crippen LogP contribution in [0.2, 0.25) is 0 Å². The molecule has 2 nitrogen and oxygen atoms in total. The zero-order valence-electron chi connectivity index (χ0n) is 38.2. The average Bonchev–Trinajstić information content (AvgIpc) is 4.09. The van der Waals surface area contributed by atoms with E-state index in [0.29, 0.717) is 0 Å². The van der Waals surface area contributed by atoms with Crippen molar-refractivity contribution in [2.45, 2.75) is 5.41 Å². The van der Waals surface area contributed by atoms with Gasteiger partial charge in [-0.3, -0.25) is 0 Å². The van der Waals surface area contributed by atoms with E-state index < -0.39 is 5.41 Å². The van der Waals surface area contributed by atoms with Gasteiger partial charge in [-0.2, -0.15) is 0 Å². The number of fused-ring (bicyclic) bond motifs is 9. The summed E-state index contributed by atoms with van der Waals surface area (Å²) >= 11 is 1.88. The lowest BCUT2D eigenvalue weighted by Crippen LogP contribution is -2.28. The van der Waals surface area contributed by atoms with Gasteiger partial charge in [-0.15, -0.1) is 11.3 Å². The molecule has 328 valence electrons. The van der Waals surface area contributed by atoms with Gasteiger partial charge in [0.2, 0.25) is 0 Å². The Morgan fingerprint density at radius 3 is 1.57 bits per heavy atom. The number of thiophene rings is 1. The maximum absolute atomic E-state index is 2.42. The van der Waals surface area contributed by atoms with Crippen LogP contribution in [-0.4, -0.2) is 4.57 Å². The smallest absolute Gasteiger partial charge is 0.0713 e. The summed E-state index contributed by atoms with van der Waals surface area (Å²) in [4.78, 5) is 2.42. The second-order valence-corrected chi connectivity index (χ2v) is 19.4. The largest absolute Gasteiger partial charge is 0.310 e. The summed E-state index contributed by atoms with van der Waals surface area (Å²) < 4.78 is 5.02. The topological polar surface area (TPSA) is 8.17 Å². The predicted molar refractivity (Wildman–Crippen MR) is 297 cm³/mol. The van der Waals surface area contributed by atoms with Gasteiger partial charge in [0.05, 0.1) is 16.4 Å². The molecule has 0 N–H and O–H groups in total. The van der Waals surface area contributed by atoms with Gasteiger partial charge in [0.1, 0.15) is 0 Å². The number of hydrogen-bond donors (Lipinski definition) is 0. The first kappa shape index (κ1) is 40.3. The van der Waals surface area contributed by atoms with Crippen molar-refractivity contribution in [2.24, 2.45) is 0 Å². The fourth-order valence-corrected chi connectivity index (χ4v) is 12.9. The van der Waals surface area contributed by atoms with E-state index >= 15 is 0 Å². The maximum atomic E-state index is 2.42. The van der Waals surface area contributed by atoms with E-state index in [0.717, 1.165) is 28.3 Å². The lowest BCUT2D eigenvalue weighted by molar-refractivity contribution is 0.768. The molecule has 1 aliphatic rings. The Morgan fingerprint density at radius 2 is 0.857 bits per heavy atom. The van der Waals surface area contributed by atoms with Crippen molar-refractivity contribution in [3.05, 3.63) is 289 Å². The number of para-hydroxylation sites is 2. The summed E-state index contributed by atoms with van der Waals surface area (Å²) in [6.07, 6.45) is 0. The normalized spacial score (nSPS) is 12.7. The van der Waals surface area contributed by atoms with Crippen molar-refractivity contribution >= 4 is 70.4 Å².